The fourth-order valence-electron chi connectivity index (χ4n) is 12.5. The molecule has 0 atom stereocenters. The summed E-state index contributed by atoms with van der Waals surface area (Å²) in [4.78, 5) is 25.2. The maximum Gasteiger partial charge on any atom is 0.0998 e. The van der Waals surface area contributed by atoms with Crippen LogP contribution in [0.15, 0.2) is 304 Å². The lowest BCUT2D eigenvalue weighted by Crippen LogP contribution is -2.06. The third-order valence-electron chi connectivity index (χ3n) is 16.9. The van der Waals surface area contributed by atoms with Crippen LogP contribution in [0, 0.1) is 11.3 Å². The topological polar surface area (TPSA) is 98.1 Å². The van der Waals surface area contributed by atoms with Crippen molar-refractivity contribution in [2.45, 2.75) is 0 Å². The Balaban J connectivity index is 0.953. The van der Waals surface area contributed by atoms with Gasteiger partial charge >= 0.3 is 0 Å². The maximum absolute atomic E-state index is 11.2. The molecule has 0 aliphatic rings. The van der Waals surface area contributed by atoms with Crippen LogP contribution in [0.2, 0.25) is 0 Å². The second kappa shape index (κ2) is 21.8. The van der Waals surface area contributed by atoms with E-state index in [9.17, 15) is 5.26 Å². The summed E-state index contributed by atoms with van der Waals surface area (Å²) in [5.41, 5.74) is 23.4. The number of rotatable bonds is 11. The van der Waals surface area contributed by atoms with Crippen LogP contribution in [0.4, 0.5) is 0 Å². The van der Waals surface area contributed by atoms with Crippen molar-refractivity contribution in [3.05, 3.63) is 310 Å². The number of hydrogen-bond acceptors (Lipinski definition) is 6. The first-order chi connectivity index (χ1) is 43.6. The largest absolute Gasteiger partial charge is 0.307 e. The van der Waals surface area contributed by atoms with Gasteiger partial charge in [-0.2, -0.15) is 5.26 Å². The van der Waals surface area contributed by atoms with E-state index in [2.05, 4.69) is 191 Å². The van der Waals surface area contributed by atoms with E-state index in [1.165, 1.54) is 0 Å². The second-order valence-corrected chi connectivity index (χ2v) is 22.0. The third-order valence-corrected chi connectivity index (χ3v) is 16.9. The highest BCUT2D eigenvalue weighted by atomic mass is 15.0. The fourth-order valence-corrected chi connectivity index (χ4v) is 12.5. The Bertz CT molecular complexity index is 4740. The molecule has 0 radical (unpaired) electrons. The first-order valence-electron chi connectivity index (χ1n) is 29.3. The fraction of sp³-hybridized carbons (Fsp3) is 0. The number of fused-ring (bicyclic) bond motifs is 6. The highest BCUT2D eigenvalue weighted by Crippen LogP contribution is 2.45. The minimum atomic E-state index is 0.531. The van der Waals surface area contributed by atoms with Crippen LogP contribution in [0.3, 0.4) is 0 Å². The van der Waals surface area contributed by atoms with E-state index in [1.54, 1.807) is 0 Å². The summed E-state index contributed by atoms with van der Waals surface area (Å²) in [7, 11) is 0. The molecule has 16 aromatic rings. The summed E-state index contributed by atoms with van der Waals surface area (Å²) < 4.78 is 4.69. The summed E-state index contributed by atoms with van der Waals surface area (Å²) in [6, 6.07) is 95.3. The summed E-state index contributed by atoms with van der Waals surface area (Å²) in [6.45, 7) is 0. The summed E-state index contributed by atoms with van der Waals surface area (Å²) >= 11 is 0. The number of hydrogen-bond donors (Lipinski definition) is 0. The van der Waals surface area contributed by atoms with E-state index in [0.717, 1.165) is 156 Å². The second-order valence-electron chi connectivity index (χ2n) is 22.0. The Morgan fingerprint density at radius 3 is 0.830 bits per heavy atom. The van der Waals surface area contributed by atoms with Crippen LogP contribution in [-0.4, -0.2) is 34.1 Å². The molecule has 16 rings (SSSR count). The van der Waals surface area contributed by atoms with Crippen molar-refractivity contribution in [2.75, 3.05) is 0 Å². The van der Waals surface area contributed by atoms with E-state index < -0.39 is 0 Å². The Hall–Kier alpha value is -12.2. The van der Waals surface area contributed by atoms with Gasteiger partial charge in [-0.25, -0.2) is 0 Å². The van der Waals surface area contributed by atoms with Crippen LogP contribution in [0.1, 0.15) is 5.56 Å². The van der Waals surface area contributed by atoms with Gasteiger partial charge in [-0.1, -0.05) is 212 Å². The average Bonchev–Trinajstić information content (AvgIpc) is 1.70. The van der Waals surface area contributed by atoms with Gasteiger partial charge in [-0.15, -0.1) is 0 Å². The number of benzene rings is 9. The lowest BCUT2D eigenvalue weighted by molar-refractivity contribution is 1.09. The molecular formula is C80H50N8. The Kier molecular flexibility index (Phi) is 12.7. The van der Waals surface area contributed by atoms with Crippen LogP contribution in [-0.2, 0) is 0 Å². The molecule has 7 aromatic heterocycles. The van der Waals surface area contributed by atoms with Gasteiger partial charge in [0.15, 0.2) is 0 Å². The van der Waals surface area contributed by atoms with Gasteiger partial charge in [0.25, 0.3) is 0 Å². The summed E-state index contributed by atoms with van der Waals surface area (Å²) in [6.07, 6.45) is 11.8. The molecule has 88 heavy (non-hydrogen) atoms. The smallest absolute Gasteiger partial charge is 0.0998 e. The zero-order valence-corrected chi connectivity index (χ0v) is 47.4. The standard InChI is InChI=1S/C80H50N8/c81-45-60-23-13-14-24-65(60)80-78(87-74-41-56(61-29-37-70(83-46-61)52-15-5-1-6-16-52)25-33-66(74)67-34-26-57(42-75(67)87)62-30-38-71(84-47-62)53-17-7-2-8-18-53)50-82-51-79(80)88-76-43-58(63-31-39-72(85-48-63)54-19-9-3-10-20-54)27-35-68(76)69-36-28-59(44-77(69)88)64-32-40-73(86-49-64)55-21-11-4-12-22-55/h1-44,46-51H. The molecule has 7 heterocycles. The molecule has 0 N–H and O–H groups in total. The van der Waals surface area contributed by atoms with Gasteiger partial charge in [0, 0.05) is 102 Å². The van der Waals surface area contributed by atoms with Gasteiger partial charge in [0.1, 0.15) is 0 Å². The van der Waals surface area contributed by atoms with E-state index in [4.69, 9.17) is 24.9 Å². The molecule has 0 saturated heterocycles. The normalized spacial score (nSPS) is 11.4. The maximum atomic E-state index is 11.2. The molecule has 0 fully saturated rings. The first-order valence-corrected chi connectivity index (χ1v) is 29.3. The molecule has 410 valence electrons. The molecule has 0 aliphatic heterocycles. The Morgan fingerprint density at radius 2 is 0.545 bits per heavy atom. The van der Waals surface area contributed by atoms with E-state index in [-0.39, 0.29) is 0 Å². The summed E-state index contributed by atoms with van der Waals surface area (Å²) in [5.74, 6) is 0. The minimum Gasteiger partial charge on any atom is -0.307 e. The molecule has 0 spiro atoms. The predicted molar refractivity (Wildman–Crippen MR) is 358 cm³/mol. The number of pyridine rings is 5. The van der Waals surface area contributed by atoms with Crippen molar-refractivity contribution in [1.82, 2.24) is 34.1 Å². The monoisotopic (exact) mass is 1120 g/mol. The number of nitrogens with zero attached hydrogens (tertiary/aromatic N) is 8. The van der Waals surface area contributed by atoms with E-state index >= 15 is 0 Å². The van der Waals surface area contributed by atoms with Crippen LogP contribution < -0.4 is 0 Å². The van der Waals surface area contributed by atoms with Crippen LogP contribution >= 0.6 is 0 Å². The quantitative estimate of drug-likeness (QED) is 0.128. The lowest BCUT2D eigenvalue weighted by Gasteiger charge is -2.20. The minimum absolute atomic E-state index is 0.531. The first kappa shape index (κ1) is 51.5. The van der Waals surface area contributed by atoms with Crippen LogP contribution in [0.5, 0.6) is 0 Å². The van der Waals surface area contributed by atoms with Crippen molar-refractivity contribution in [2.24, 2.45) is 0 Å². The molecule has 0 amide bonds. The van der Waals surface area contributed by atoms with E-state index in [0.29, 0.717) is 5.56 Å². The molecule has 0 bridgehead atoms. The molecule has 9 aromatic carbocycles. The molecule has 0 aliphatic carbocycles. The van der Waals surface area contributed by atoms with Crippen molar-refractivity contribution in [1.29, 1.82) is 5.26 Å². The highest BCUT2D eigenvalue weighted by Gasteiger charge is 2.25. The van der Waals surface area contributed by atoms with Crippen molar-refractivity contribution >= 4 is 43.6 Å². The van der Waals surface area contributed by atoms with Crippen molar-refractivity contribution in [3.8, 4) is 118 Å². The Labute approximate surface area is 507 Å². The van der Waals surface area contributed by atoms with Gasteiger partial charge in [0.2, 0.25) is 0 Å². The van der Waals surface area contributed by atoms with Crippen LogP contribution in [0.25, 0.3) is 156 Å². The molecule has 8 nitrogen and oxygen atoms in total. The van der Waals surface area contributed by atoms with Crippen molar-refractivity contribution in [3.63, 3.8) is 0 Å². The molecule has 0 unspecified atom stereocenters. The number of nitriles is 1. The van der Waals surface area contributed by atoms with Crippen molar-refractivity contribution < 1.29 is 0 Å². The lowest BCUT2D eigenvalue weighted by atomic mass is 9.97. The average molecular weight is 1120 g/mol. The zero-order chi connectivity index (χ0) is 58.5. The SMILES string of the molecule is N#Cc1ccccc1-c1c(-n2c3cc(-c4ccc(-c5ccccc5)nc4)ccc3c3ccc(-c4ccc(-c5ccccc5)nc4)cc32)cncc1-n1c2cc(-c3ccc(-c4ccccc4)nc3)ccc2c2ccc(-c3ccc(-c4ccccc4)nc3)cc21. The van der Waals surface area contributed by atoms with Gasteiger partial charge in [-0.3, -0.25) is 24.9 Å². The van der Waals surface area contributed by atoms with E-state index in [1.807, 2.05) is 128 Å². The Morgan fingerprint density at radius 1 is 0.261 bits per heavy atom. The predicted octanol–water partition coefficient (Wildman–Crippen LogP) is 19.7. The van der Waals surface area contributed by atoms with Gasteiger partial charge in [-0.05, 0) is 76.9 Å². The highest BCUT2D eigenvalue weighted by molar-refractivity contribution is 6.14. The van der Waals surface area contributed by atoms with Gasteiger partial charge in [0.05, 0.1) is 80.2 Å². The van der Waals surface area contributed by atoms with Gasteiger partial charge < -0.3 is 9.13 Å². The number of aromatic nitrogens is 7. The third kappa shape index (κ3) is 9.15. The zero-order valence-electron chi connectivity index (χ0n) is 47.4. The molecular weight excluding hydrogens is 1070 g/mol. The molecule has 8 heteroatoms. The summed E-state index contributed by atoms with van der Waals surface area (Å²) in [5, 5.41) is 15.5. The molecule has 0 saturated carbocycles.